The summed E-state index contributed by atoms with van der Waals surface area (Å²) in [5, 5.41) is 13.6. The monoisotopic (exact) mass is 204 g/mol. The average molecular weight is 204 g/mol. The van der Waals surface area contributed by atoms with E-state index < -0.39 is 4.93 Å². The molecule has 1 rings (SSSR count). The summed E-state index contributed by atoms with van der Waals surface area (Å²) in [6.45, 7) is 4.28. The van der Waals surface area contributed by atoms with Crippen LogP contribution in [0.4, 0.5) is 0 Å². The highest BCUT2D eigenvalue weighted by Crippen LogP contribution is 2.51. The van der Waals surface area contributed by atoms with Crippen molar-refractivity contribution in [1.29, 1.82) is 0 Å². The van der Waals surface area contributed by atoms with Crippen molar-refractivity contribution in [3.63, 3.8) is 0 Å². The van der Waals surface area contributed by atoms with Crippen molar-refractivity contribution in [3.05, 3.63) is 5.08 Å². The Morgan fingerprint density at radius 2 is 2.17 bits per heavy atom. The molecule has 1 N–H and O–H groups in total. The van der Waals surface area contributed by atoms with Gasteiger partial charge in [-0.25, -0.2) is 0 Å². The molecule has 1 heterocycles. The minimum atomic E-state index is -0.518. The van der Waals surface area contributed by atoms with Crippen LogP contribution in [0.3, 0.4) is 0 Å². The summed E-state index contributed by atoms with van der Waals surface area (Å²) in [7, 11) is 0. The fraction of sp³-hybridized carbons (Fsp3) is 0.889. The van der Waals surface area contributed by atoms with E-state index in [9.17, 15) is 5.11 Å². The molecule has 2 unspecified atom stereocenters. The quantitative estimate of drug-likeness (QED) is 0.760. The number of hydrogen-bond donors (Lipinski definition) is 1. The molecule has 0 spiro atoms. The predicted octanol–water partition coefficient (Wildman–Crippen LogP) is 3.12. The largest absolute Gasteiger partial charge is 0.378 e. The van der Waals surface area contributed by atoms with Crippen molar-refractivity contribution in [2.24, 2.45) is 0 Å². The Hall–Kier alpha value is 0.660. The van der Waals surface area contributed by atoms with Gasteiger partial charge in [0.2, 0.25) is 0 Å². The van der Waals surface area contributed by atoms with Gasteiger partial charge in [0, 0.05) is 5.25 Å². The summed E-state index contributed by atoms with van der Waals surface area (Å²) in [5.41, 5.74) is 0. The molecule has 12 heavy (non-hydrogen) atoms. The highest BCUT2D eigenvalue weighted by atomic mass is 32.2. The average Bonchev–Trinajstić information content (AvgIpc) is 2.35. The summed E-state index contributed by atoms with van der Waals surface area (Å²) in [4.78, 5) is -0.518. The molecule has 2 radical (unpaired) electrons. The van der Waals surface area contributed by atoms with Crippen LogP contribution in [0, 0.1) is 5.08 Å². The third kappa shape index (κ3) is 2.33. The molecule has 0 amide bonds. The SMILES string of the molecule is CCCC1S[C]SC1(O)CCC. The van der Waals surface area contributed by atoms with Gasteiger partial charge in [-0.15, -0.1) is 23.5 Å². The molecule has 1 nitrogen and oxygen atoms in total. The van der Waals surface area contributed by atoms with E-state index in [-0.39, 0.29) is 0 Å². The second kappa shape index (κ2) is 4.77. The van der Waals surface area contributed by atoms with Crippen molar-refractivity contribution in [3.8, 4) is 0 Å². The molecule has 2 atom stereocenters. The molecular formula is C9H16OS2. The normalized spacial score (nSPS) is 35.8. The molecule has 0 bridgehead atoms. The number of hydrogen-bond acceptors (Lipinski definition) is 3. The molecule has 1 saturated heterocycles. The van der Waals surface area contributed by atoms with Gasteiger partial charge in [0.25, 0.3) is 0 Å². The molecular weight excluding hydrogens is 188 g/mol. The van der Waals surface area contributed by atoms with Crippen molar-refractivity contribution in [2.45, 2.75) is 49.7 Å². The van der Waals surface area contributed by atoms with Gasteiger partial charge in [-0.05, 0) is 12.8 Å². The Labute approximate surface area is 83.7 Å². The van der Waals surface area contributed by atoms with Crippen LogP contribution in [0.25, 0.3) is 0 Å². The molecule has 0 aromatic carbocycles. The summed E-state index contributed by atoms with van der Waals surface area (Å²) >= 11 is 3.16. The van der Waals surface area contributed by atoms with E-state index >= 15 is 0 Å². The maximum Gasteiger partial charge on any atom is 0.123 e. The minimum Gasteiger partial charge on any atom is -0.378 e. The fourth-order valence-electron chi connectivity index (χ4n) is 1.43. The van der Waals surface area contributed by atoms with Crippen molar-refractivity contribution in [2.75, 3.05) is 0 Å². The summed E-state index contributed by atoms with van der Waals surface area (Å²) in [6.07, 6.45) is 4.18. The Morgan fingerprint density at radius 1 is 1.42 bits per heavy atom. The van der Waals surface area contributed by atoms with Crippen molar-refractivity contribution < 1.29 is 5.11 Å². The van der Waals surface area contributed by atoms with Crippen LogP contribution in [0.2, 0.25) is 0 Å². The molecule has 70 valence electrons. The van der Waals surface area contributed by atoms with Gasteiger partial charge in [0.1, 0.15) is 10.0 Å². The number of thioether (sulfide) groups is 2. The number of rotatable bonds is 4. The van der Waals surface area contributed by atoms with Crippen LogP contribution in [-0.2, 0) is 0 Å². The third-order valence-electron chi connectivity index (χ3n) is 2.07. The van der Waals surface area contributed by atoms with Gasteiger partial charge in [-0.3, -0.25) is 0 Å². The summed E-state index contributed by atoms with van der Waals surface area (Å²) in [5.74, 6) is 0. The maximum atomic E-state index is 10.2. The van der Waals surface area contributed by atoms with E-state index in [4.69, 9.17) is 0 Å². The lowest BCUT2D eigenvalue weighted by molar-refractivity contribution is 0.123. The first-order valence-electron chi connectivity index (χ1n) is 4.54. The Morgan fingerprint density at radius 3 is 2.75 bits per heavy atom. The third-order valence-corrected chi connectivity index (χ3v) is 4.69. The lowest BCUT2D eigenvalue weighted by Crippen LogP contribution is -2.32. The van der Waals surface area contributed by atoms with Gasteiger partial charge in [0.05, 0.1) is 0 Å². The maximum absolute atomic E-state index is 10.2. The van der Waals surface area contributed by atoms with Crippen molar-refractivity contribution in [1.82, 2.24) is 0 Å². The topological polar surface area (TPSA) is 20.2 Å². The lowest BCUT2D eigenvalue weighted by Gasteiger charge is -2.27. The minimum absolute atomic E-state index is 0.368. The number of aliphatic hydroxyl groups is 1. The van der Waals surface area contributed by atoms with Gasteiger partial charge in [-0.1, -0.05) is 26.7 Å². The van der Waals surface area contributed by atoms with Gasteiger partial charge >= 0.3 is 0 Å². The highest BCUT2D eigenvalue weighted by Gasteiger charge is 2.41. The second-order valence-corrected chi connectivity index (χ2v) is 5.56. The molecule has 1 aliphatic rings. The smallest absolute Gasteiger partial charge is 0.123 e. The Balaban J connectivity index is 2.48. The van der Waals surface area contributed by atoms with E-state index in [0.717, 1.165) is 25.7 Å². The standard InChI is InChI=1S/C9H16OS2/c1-3-5-8-9(10,6-4-2)12-7-11-8/h8,10H,3-6H2,1-2H3. The lowest BCUT2D eigenvalue weighted by atomic mass is 10.1. The molecule has 3 heteroatoms. The fourth-order valence-corrected chi connectivity index (χ4v) is 4.16. The summed E-state index contributed by atoms with van der Waals surface area (Å²) < 4.78 is 0. The zero-order chi connectivity index (χ0) is 9.03. The highest BCUT2D eigenvalue weighted by molar-refractivity contribution is 8.23. The first-order chi connectivity index (χ1) is 5.73. The van der Waals surface area contributed by atoms with Crippen LogP contribution in [0.15, 0.2) is 0 Å². The van der Waals surface area contributed by atoms with Gasteiger partial charge in [0.15, 0.2) is 0 Å². The molecule has 1 aliphatic heterocycles. The van der Waals surface area contributed by atoms with Crippen LogP contribution in [0.5, 0.6) is 0 Å². The molecule has 0 aromatic rings. The first-order valence-corrected chi connectivity index (χ1v) is 6.23. The van der Waals surface area contributed by atoms with Gasteiger partial charge in [-0.2, -0.15) is 0 Å². The van der Waals surface area contributed by atoms with E-state index in [1.165, 1.54) is 11.8 Å². The Kier molecular flexibility index (Phi) is 4.27. The predicted molar refractivity (Wildman–Crippen MR) is 57.0 cm³/mol. The molecule has 0 aliphatic carbocycles. The van der Waals surface area contributed by atoms with Crippen LogP contribution in [0.1, 0.15) is 39.5 Å². The zero-order valence-electron chi connectivity index (χ0n) is 7.67. The van der Waals surface area contributed by atoms with E-state index in [0.29, 0.717) is 5.25 Å². The molecule has 1 fully saturated rings. The van der Waals surface area contributed by atoms with Crippen LogP contribution < -0.4 is 0 Å². The molecule has 0 aromatic heterocycles. The van der Waals surface area contributed by atoms with E-state index in [1.54, 1.807) is 11.8 Å². The first kappa shape index (κ1) is 10.7. The Bertz CT molecular complexity index is 140. The van der Waals surface area contributed by atoms with E-state index in [1.807, 2.05) is 0 Å². The van der Waals surface area contributed by atoms with Crippen LogP contribution in [-0.4, -0.2) is 15.3 Å². The van der Waals surface area contributed by atoms with Gasteiger partial charge < -0.3 is 5.11 Å². The van der Waals surface area contributed by atoms with Crippen LogP contribution >= 0.6 is 23.5 Å². The van der Waals surface area contributed by atoms with E-state index in [2.05, 4.69) is 18.9 Å². The molecule has 0 saturated carbocycles. The summed E-state index contributed by atoms with van der Waals surface area (Å²) in [6, 6.07) is 0. The zero-order valence-corrected chi connectivity index (χ0v) is 9.30. The van der Waals surface area contributed by atoms with Crippen molar-refractivity contribution >= 4 is 23.5 Å². The second-order valence-electron chi connectivity index (χ2n) is 3.18.